The Morgan fingerprint density at radius 3 is 2.00 bits per heavy atom. The van der Waals surface area contributed by atoms with Crippen LogP contribution in [-0.4, -0.2) is 16.0 Å². The lowest BCUT2D eigenvalue weighted by Gasteiger charge is -2.41. The molecule has 5 nitrogen and oxygen atoms in total. The predicted molar refractivity (Wildman–Crippen MR) is 125 cm³/mol. The molecule has 3 rings (SSSR count). The molecule has 2 N–H and O–H groups in total. The number of ether oxygens (including phenoxy) is 1. The second kappa shape index (κ2) is 11.2. The lowest BCUT2D eigenvalue weighted by molar-refractivity contribution is -0.153. The summed E-state index contributed by atoms with van der Waals surface area (Å²) in [5.74, 6) is -1.60. The van der Waals surface area contributed by atoms with Crippen LogP contribution in [0.5, 0.6) is 0 Å². The number of hydrogen-bond acceptors (Lipinski definition) is 4. The number of carbonyl (C=O) groups excluding carboxylic acids is 1. The Kier molecular flexibility index (Phi) is 8.40. The van der Waals surface area contributed by atoms with E-state index in [1.807, 2.05) is 37.3 Å². The van der Waals surface area contributed by atoms with Gasteiger partial charge in [0.1, 0.15) is 11.8 Å². The van der Waals surface area contributed by atoms with Crippen molar-refractivity contribution in [2.45, 2.75) is 37.6 Å². The minimum atomic E-state index is -3.48. The van der Waals surface area contributed by atoms with Crippen LogP contribution < -0.4 is 0 Å². The summed E-state index contributed by atoms with van der Waals surface area (Å²) in [5, 5.41) is 9.82. The molecule has 0 amide bonds. The largest absolute Gasteiger partial charge is 0.461 e. The first kappa shape index (κ1) is 23.9. The highest BCUT2D eigenvalue weighted by atomic mass is 31.1. The Morgan fingerprint density at radius 2 is 1.47 bits per heavy atom. The molecule has 168 valence electrons. The summed E-state index contributed by atoms with van der Waals surface area (Å²) in [6.07, 6.45) is -0.497. The fourth-order valence-electron chi connectivity index (χ4n) is 4.20. The molecule has 0 aliphatic heterocycles. The summed E-state index contributed by atoms with van der Waals surface area (Å²) in [5.41, 5.74) is 1.74. The molecule has 0 aromatic heterocycles. The molecule has 6 heteroatoms. The van der Waals surface area contributed by atoms with Gasteiger partial charge in [0, 0.05) is 0 Å². The zero-order valence-corrected chi connectivity index (χ0v) is 19.1. The number of esters is 1. The van der Waals surface area contributed by atoms with Gasteiger partial charge in [0.05, 0.1) is 12.0 Å². The Labute approximate surface area is 189 Å². The molecular formula is C26H29O5P. The Balaban J connectivity index is 2.09. The van der Waals surface area contributed by atoms with Gasteiger partial charge in [-0.3, -0.25) is 9.36 Å². The molecule has 3 aromatic carbocycles. The van der Waals surface area contributed by atoms with Crippen LogP contribution in [-0.2, 0) is 25.9 Å². The van der Waals surface area contributed by atoms with E-state index in [0.717, 1.165) is 5.56 Å². The van der Waals surface area contributed by atoms with Crippen LogP contribution in [0.3, 0.4) is 0 Å². The molecule has 0 fully saturated rings. The van der Waals surface area contributed by atoms with E-state index in [1.165, 1.54) is 0 Å². The topological polar surface area (TPSA) is 83.8 Å². The van der Waals surface area contributed by atoms with Crippen LogP contribution in [0.4, 0.5) is 0 Å². The summed E-state index contributed by atoms with van der Waals surface area (Å²) in [6.45, 7) is 1.95. The predicted octanol–water partition coefficient (Wildman–Crippen LogP) is 5.24. The van der Waals surface area contributed by atoms with Gasteiger partial charge in [-0.2, -0.15) is 0 Å². The maximum absolute atomic E-state index is 13.4. The highest BCUT2D eigenvalue weighted by Gasteiger charge is 2.54. The summed E-state index contributed by atoms with van der Waals surface area (Å²) >= 11 is 0. The van der Waals surface area contributed by atoms with Crippen molar-refractivity contribution < 1.29 is 24.1 Å². The number of aliphatic hydroxyl groups excluding tert-OH is 1. The molecule has 4 atom stereocenters. The minimum absolute atomic E-state index is 0.0541. The van der Waals surface area contributed by atoms with Crippen molar-refractivity contribution in [3.63, 3.8) is 0 Å². The fourth-order valence-corrected chi connectivity index (χ4v) is 5.58. The molecule has 3 aromatic rings. The summed E-state index contributed by atoms with van der Waals surface area (Å²) in [4.78, 5) is 24.2. The molecule has 4 unspecified atom stereocenters. The molecule has 32 heavy (non-hydrogen) atoms. The van der Waals surface area contributed by atoms with Crippen molar-refractivity contribution in [3.05, 3.63) is 108 Å². The maximum atomic E-state index is 13.4. The number of rotatable bonds is 10. The normalized spacial score (nSPS) is 15.8. The van der Waals surface area contributed by atoms with E-state index in [0.29, 0.717) is 24.0 Å². The van der Waals surface area contributed by atoms with Crippen LogP contribution in [0.15, 0.2) is 91.0 Å². The van der Waals surface area contributed by atoms with Crippen molar-refractivity contribution in [1.82, 2.24) is 0 Å². The SMILES string of the molecule is CCCC(C(=O)OCc1ccccc1)C(c1ccccc1)(C(O)c1ccccc1)[PH](=O)O. The van der Waals surface area contributed by atoms with Crippen LogP contribution >= 0.6 is 8.03 Å². The van der Waals surface area contributed by atoms with Crippen molar-refractivity contribution >= 4 is 14.0 Å². The standard InChI is InChI=1S/C26H29O5P/c1-2-12-23(25(28)31-19-20-13-6-3-7-14-20)26(32(29)30,22-17-10-5-11-18-22)24(27)21-15-8-4-9-16-21/h3-11,13-18,23-24,27,32H,2,12,19H2,1H3,(H,29,30). The van der Waals surface area contributed by atoms with E-state index in [2.05, 4.69) is 0 Å². The van der Waals surface area contributed by atoms with E-state index >= 15 is 0 Å². The second-order valence-electron chi connectivity index (χ2n) is 7.79. The molecule has 0 spiro atoms. The first-order valence-corrected chi connectivity index (χ1v) is 12.1. The van der Waals surface area contributed by atoms with Gasteiger partial charge in [0.25, 0.3) is 0 Å². The first-order chi connectivity index (χ1) is 15.5. The summed E-state index contributed by atoms with van der Waals surface area (Å²) in [6, 6.07) is 26.7. The van der Waals surface area contributed by atoms with Crippen LogP contribution in [0, 0.1) is 5.92 Å². The molecule has 0 radical (unpaired) electrons. The van der Waals surface area contributed by atoms with E-state index in [-0.39, 0.29) is 6.61 Å². The highest BCUT2D eigenvalue weighted by Crippen LogP contribution is 2.59. The third-order valence-corrected chi connectivity index (χ3v) is 7.41. The van der Waals surface area contributed by atoms with Crippen LogP contribution in [0.2, 0.25) is 0 Å². The lowest BCUT2D eigenvalue weighted by Crippen LogP contribution is -2.43. The maximum Gasteiger partial charge on any atom is 0.310 e. The molecule has 0 bridgehead atoms. The second-order valence-corrected chi connectivity index (χ2v) is 9.23. The molecule has 0 heterocycles. The smallest absolute Gasteiger partial charge is 0.310 e. The average Bonchev–Trinajstić information content (AvgIpc) is 2.84. The van der Waals surface area contributed by atoms with Gasteiger partial charge in [-0.05, 0) is 23.1 Å². The van der Waals surface area contributed by atoms with Gasteiger partial charge in [-0.15, -0.1) is 0 Å². The zero-order valence-electron chi connectivity index (χ0n) is 18.1. The molecular weight excluding hydrogens is 423 g/mol. The number of hydrogen-bond donors (Lipinski definition) is 2. The van der Waals surface area contributed by atoms with Gasteiger partial charge < -0.3 is 14.7 Å². The Hall–Kier alpha value is -2.72. The van der Waals surface area contributed by atoms with Crippen molar-refractivity contribution in [3.8, 4) is 0 Å². The Bertz CT molecular complexity index is 1010. The quantitative estimate of drug-likeness (QED) is 0.325. The first-order valence-electron chi connectivity index (χ1n) is 10.7. The van der Waals surface area contributed by atoms with E-state index in [9.17, 15) is 19.4 Å². The summed E-state index contributed by atoms with van der Waals surface area (Å²) in [7, 11) is -3.48. The van der Waals surface area contributed by atoms with E-state index < -0.39 is 31.2 Å². The molecule has 0 aliphatic carbocycles. The van der Waals surface area contributed by atoms with Crippen molar-refractivity contribution in [1.29, 1.82) is 0 Å². The third kappa shape index (κ3) is 5.02. The lowest BCUT2D eigenvalue weighted by atomic mass is 9.76. The third-order valence-electron chi connectivity index (χ3n) is 5.79. The van der Waals surface area contributed by atoms with Crippen molar-refractivity contribution in [2.75, 3.05) is 0 Å². The number of aliphatic hydroxyl groups is 1. The average molecular weight is 452 g/mol. The molecule has 0 saturated carbocycles. The highest BCUT2D eigenvalue weighted by molar-refractivity contribution is 7.39. The minimum Gasteiger partial charge on any atom is -0.461 e. The van der Waals surface area contributed by atoms with E-state index in [1.54, 1.807) is 60.7 Å². The Morgan fingerprint density at radius 1 is 0.938 bits per heavy atom. The van der Waals surface area contributed by atoms with Gasteiger partial charge in [0.15, 0.2) is 0 Å². The van der Waals surface area contributed by atoms with Crippen molar-refractivity contribution in [2.24, 2.45) is 5.92 Å². The van der Waals surface area contributed by atoms with Gasteiger partial charge >= 0.3 is 5.97 Å². The van der Waals surface area contributed by atoms with Crippen LogP contribution in [0.25, 0.3) is 0 Å². The monoisotopic (exact) mass is 452 g/mol. The number of carbonyl (C=O) groups is 1. The summed E-state index contributed by atoms with van der Waals surface area (Å²) < 4.78 is 18.8. The van der Waals surface area contributed by atoms with Gasteiger partial charge in [-0.1, -0.05) is 104 Å². The van der Waals surface area contributed by atoms with E-state index in [4.69, 9.17) is 4.74 Å². The van der Waals surface area contributed by atoms with Crippen LogP contribution in [0.1, 0.15) is 42.6 Å². The number of benzene rings is 3. The molecule has 0 saturated heterocycles. The van der Waals surface area contributed by atoms with Gasteiger partial charge in [-0.25, -0.2) is 0 Å². The molecule has 0 aliphatic rings. The fraction of sp³-hybridized carbons (Fsp3) is 0.269. The van der Waals surface area contributed by atoms with Gasteiger partial charge in [0.2, 0.25) is 8.03 Å². The zero-order chi connectivity index (χ0) is 23.0.